The van der Waals surface area contributed by atoms with Crippen LogP contribution in [-0.2, 0) is 18.0 Å². The number of aliphatic hydroxyl groups excluding tert-OH is 1. The third-order valence-electron chi connectivity index (χ3n) is 3.76. The third-order valence-corrected chi connectivity index (χ3v) is 6.59. The first-order valence-electron chi connectivity index (χ1n) is 7.98. The van der Waals surface area contributed by atoms with Gasteiger partial charge in [0.15, 0.2) is 0 Å². The molecule has 0 radical (unpaired) electrons. The molecule has 0 rings (SSSR count). The van der Waals surface area contributed by atoms with E-state index in [1.807, 2.05) is 0 Å². The van der Waals surface area contributed by atoms with Crippen LogP contribution in [0.4, 0.5) is 0 Å². The number of hydrogen-bond acceptors (Lipinski definition) is 6. The lowest BCUT2D eigenvalue weighted by Crippen LogP contribution is -2.43. The maximum absolute atomic E-state index is 10.1. The van der Waals surface area contributed by atoms with Gasteiger partial charge in [-0.3, -0.25) is 4.90 Å². The highest BCUT2D eigenvalue weighted by molar-refractivity contribution is 6.60. The van der Waals surface area contributed by atoms with Crippen molar-refractivity contribution in [3.63, 3.8) is 0 Å². The first-order valence-corrected chi connectivity index (χ1v) is 9.92. The molecule has 0 spiro atoms. The summed E-state index contributed by atoms with van der Waals surface area (Å²) in [5, 5.41) is 10.1. The summed E-state index contributed by atoms with van der Waals surface area (Å²) in [6.45, 7) is 10.1. The molecule has 7 heteroatoms. The van der Waals surface area contributed by atoms with Crippen molar-refractivity contribution in [2.45, 2.75) is 58.3 Å². The third kappa shape index (κ3) is 8.01. The number of rotatable bonds is 13. The van der Waals surface area contributed by atoms with Gasteiger partial charge in [-0.05, 0) is 34.1 Å². The Labute approximate surface area is 137 Å². The minimum Gasteiger partial charge on any atom is -0.389 e. The van der Waals surface area contributed by atoms with Crippen molar-refractivity contribution in [3.05, 3.63) is 0 Å². The first-order chi connectivity index (χ1) is 10.3. The fourth-order valence-corrected chi connectivity index (χ4v) is 4.17. The topological polar surface area (TPSA) is 60.4 Å². The largest absolute Gasteiger partial charge is 0.500 e. The second-order valence-corrected chi connectivity index (χ2v) is 9.10. The molecule has 0 fully saturated rings. The molecule has 0 saturated carbocycles. The van der Waals surface area contributed by atoms with E-state index >= 15 is 0 Å². The highest BCUT2D eigenvalue weighted by Gasteiger charge is 2.36. The van der Waals surface area contributed by atoms with E-state index in [2.05, 4.69) is 32.6 Å². The molecule has 0 aromatic carbocycles. The Bertz CT molecular complexity index is 258. The fraction of sp³-hybridized carbons (Fsp3) is 1.00. The van der Waals surface area contributed by atoms with Crippen LogP contribution in [0.15, 0.2) is 0 Å². The van der Waals surface area contributed by atoms with Gasteiger partial charge in [0.05, 0.1) is 12.7 Å². The molecular weight excluding hydrogens is 302 g/mol. The van der Waals surface area contributed by atoms with Crippen LogP contribution in [0.1, 0.15) is 34.1 Å². The van der Waals surface area contributed by atoms with Gasteiger partial charge in [0, 0.05) is 52.6 Å². The Morgan fingerprint density at radius 2 is 1.45 bits per heavy atom. The van der Waals surface area contributed by atoms with Crippen molar-refractivity contribution in [2.75, 3.05) is 41.1 Å². The summed E-state index contributed by atoms with van der Waals surface area (Å²) < 4.78 is 21.6. The zero-order chi connectivity index (χ0) is 17.2. The maximum Gasteiger partial charge on any atom is 0.500 e. The first kappa shape index (κ1) is 22.0. The quantitative estimate of drug-likeness (QED) is 0.408. The minimum atomic E-state index is -2.50. The summed E-state index contributed by atoms with van der Waals surface area (Å²) in [5.41, 5.74) is 0. The molecule has 0 bridgehead atoms. The highest BCUT2D eigenvalue weighted by atomic mass is 28.4. The van der Waals surface area contributed by atoms with Gasteiger partial charge in [-0.1, -0.05) is 0 Å². The van der Waals surface area contributed by atoms with E-state index < -0.39 is 14.9 Å². The normalized spacial score (nSPS) is 14.3. The Balaban J connectivity index is 3.96. The van der Waals surface area contributed by atoms with E-state index in [1.54, 1.807) is 21.3 Å². The van der Waals surface area contributed by atoms with Crippen LogP contribution in [0.25, 0.3) is 0 Å². The van der Waals surface area contributed by atoms with E-state index in [0.29, 0.717) is 37.9 Å². The smallest absolute Gasteiger partial charge is 0.389 e. The fourth-order valence-electron chi connectivity index (χ4n) is 2.48. The van der Waals surface area contributed by atoms with E-state index in [0.717, 1.165) is 6.42 Å². The summed E-state index contributed by atoms with van der Waals surface area (Å²) in [6, 6.07) is 1.52. The van der Waals surface area contributed by atoms with E-state index in [1.165, 1.54) is 0 Å². The Morgan fingerprint density at radius 1 is 0.955 bits per heavy atom. The van der Waals surface area contributed by atoms with Crippen LogP contribution in [-0.4, -0.2) is 78.1 Å². The van der Waals surface area contributed by atoms with Crippen molar-refractivity contribution in [3.8, 4) is 0 Å². The van der Waals surface area contributed by atoms with Crippen LogP contribution in [0, 0.1) is 0 Å². The van der Waals surface area contributed by atoms with Crippen molar-refractivity contribution < 1.29 is 23.1 Å². The number of aliphatic hydroxyl groups is 1. The van der Waals surface area contributed by atoms with Gasteiger partial charge in [0.1, 0.15) is 0 Å². The van der Waals surface area contributed by atoms with Crippen LogP contribution in [0.5, 0.6) is 0 Å². The summed E-state index contributed by atoms with van der Waals surface area (Å²) in [7, 11) is 2.32. The lowest BCUT2D eigenvalue weighted by atomic mass is 10.2. The van der Waals surface area contributed by atoms with Crippen LogP contribution in [0.3, 0.4) is 0 Å². The second-order valence-electron chi connectivity index (χ2n) is 6.01. The molecule has 0 aromatic rings. The molecule has 1 atom stereocenters. The molecular formula is C15H35NO5Si. The van der Waals surface area contributed by atoms with E-state index in [-0.39, 0.29) is 0 Å². The van der Waals surface area contributed by atoms with Gasteiger partial charge in [-0.15, -0.1) is 0 Å². The summed E-state index contributed by atoms with van der Waals surface area (Å²) in [5.74, 6) is 0. The number of ether oxygens (including phenoxy) is 1. The lowest BCUT2D eigenvalue weighted by molar-refractivity contribution is 0.00340. The molecule has 0 aliphatic carbocycles. The van der Waals surface area contributed by atoms with Crippen molar-refractivity contribution in [1.29, 1.82) is 0 Å². The molecule has 0 saturated heterocycles. The monoisotopic (exact) mass is 337 g/mol. The predicted molar refractivity (Wildman–Crippen MR) is 90.0 cm³/mol. The zero-order valence-electron chi connectivity index (χ0n) is 15.3. The van der Waals surface area contributed by atoms with Gasteiger partial charge >= 0.3 is 8.80 Å². The summed E-state index contributed by atoms with van der Waals surface area (Å²) >= 11 is 0. The van der Waals surface area contributed by atoms with Gasteiger partial charge in [-0.25, -0.2) is 0 Å². The molecule has 134 valence electrons. The van der Waals surface area contributed by atoms with E-state index in [4.69, 9.17) is 18.0 Å². The Hall–Kier alpha value is -0.0231. The Morgan fingerprint density at radius 3 is 1.86 bits per heavy atom. The molecule has 1 N–H and O–H groups in total. The molecule has 0 aromatic heterocycles. The number of hydrogen-bond donors (Lipinski definition) is 1. The van der Waals surface area contributed by atoms with Crippen LogP contribution < -0.4 is 0 Å². The summed E-state index contributed by atoms with van der Waals surface area (Å²) in [4.78, 5) is 2.26. The van der Waals surface area contributed by atoms with Crippen molar-refractivity contribution >= 4 is 8.80 Å². The number of nitrogens with zero attached hydrogens (tertiary/aromatic N) is 1. The lowest BCUT2D eigenvalue weighted by Gasteiger charge is -2.32. The molecule has 0 amide bonds. The van der Waals surface area contributed by atoms with Gasteiger partial charge in [0.2, 0.25) is 0 Å². The average Bonchev–Trinajstić information content (AvgIpc) is 2.48. The van der Waals surface area contributed by atoms with E-state index in [9.17, 15) is 5.11 Å². The predicted octanol–water partition coefficient (Wildman–Crippen LogP) is 1.75. The van der Waals surface area contributed by atoms with Gasteiger partial charge in [-0.2, -0.15) is 0 Å². The van der Waals surface area contributed by atoms with Crippen molar-refractivity contribution in [1.82, 2.24) is 4.90 Å². The average molecular weight is 338 g/mol. The standard InChI is InChI=1S/C15H35NO5Si/c1-13(2)16(14(3)4)11-15(17)12-21-9-8-10-22(18-5,19-6)20-7/h13-15,17H,8-12H2,1-7H3. The van der Waals surface area contributed by atoms with Crippen LogP contribution >= 0.6 is 0 Å². The van der Waals surface area contributed by atoms with Gasteiger partial charge in [0.25, 0.3) is 0 Å². The molecule has 0 aliphatic rings. The molecule has 0 aliphatic heterocycles. The van der Waals surface area contributed by atoms with Crippen LogP contribution in [0.2, 0.25) is 6.04 Å². The van der Waals surface area contributed by atoms with Crippen molar-refractivity contribution in [2.24, 2.45) is 0 Å². The summed E-state index contributed by atoms with van der Waals surface area (Å²) in [6.07, 6.45) is 0.311. The van der Waals surface area contributed by atoms with Gasteiger partial charge < -0.3 is 23.1 Å². The SMILES string of the molecule is CO[Si](CCCOCC(O)CN(C(C)C)C(C)C)(OC)OC. The molecule has 22 heavy (non-hydrogen) atoms. The Kier molecular flexibility index (Phi) is 11.5. The minimum absolute atomic E-state index is 0.345. The molecule has 0 heterocycles. The second kappa shape index (κ2) is 11.5. The molecule has 1 unspecified atom stereocenters. The zero-order valence-corrected chi connectivity index (χ0v) is 16.3. The molecule has 6 nitrogen and oxygen atoms in total. The maximum atomic E-state index is 10.1. The highest BCUT2D eigenvalue weighted by Crippen LogP contribution is 2.15.